The van der Waals surface area contributed by atoms with Crippen molar-refractivity contribution in [3.8, 4) is 0 Å². The van der Waals surface area contributed by atoms with Crippen LogP contribution in [0.2, 0.25) is 0 Å². The highest BCUT2D eigenvalue weighted by Crippen LogP contribution is 2.10. The Morgan fingerprint density at radius 3 is 2.87 bits per heavy atom. The van der Waals surface area contributed by atoms with E-state index >= 15 is 0 Å². The van der Waals surface area contributed by atoms with Crippen molar-refractivity contribution < 1.29 is 14.4 Å². The summed E-state index contributed by atoms with van der Waals surface area (Å²) in [7, 11) is 0. The van der Waals surface area contributed by atoms with E-state index in [2.05, 4.69) is 10.1 Å². The lowest BCUT2D eigenvalue weighted by atomic mass is 10.3. The third-order valence-electron chi connectivity index (χ3n) is 3.81. The van der Waals surface area contributed by atoms with Crippen LogP contribution in [0, 0.1) is 6.92 Å². The maximum Gasteiger partial charge on any atom is 0.410 e. The average molecular weight is 338 g/mol. The largest absolute Gasteiger partial charge is 0.450 e. The van der Waals surface area contributed by atoms with Gasteiger partial charge in [0.15, 0.2) is 5.01 Å². The number of quaternary nitrogens is 1. The number of aryl methyl sites for hydroxylation is 1. The zero-order chi connectivity index (χ0) is 16.4. The Morgan fingerprint density at radius 1 is 1.43 bits per heavy atom. The van der Waals surface area contributed by atoms with Crippen LogP contribution in [0.1, 0.15) is 17.6 Å². The number of carbonyl (C=O) groups excluding carboxylic acids is 1. The van der Waals surface area contributed by atoms with Crippen LogP contribution in [0.3, 0.4) is 0 Å². The number of hydrogen-bond acceptors (Lipinski definition) is 6. The lowest BCUT2D eigenvalue weighted by Crippen LogP contribution is -3.13. The SMILES string of the molecule is CCOC(=O)N1CC[NH+](Cc2nn3c(=O)cc(C)nc3s2)CC1. The molecule has 1 N–H and O–H groups in total. The molecule has 23 heavy (non-hydrogen) atoms. The van der Waals surface area contributed by atoms with Gasteiger partial charge in [-0.05, 0) is 13.8 Å². The Morgan fingerprint density at radius 2 is 2.17 bits per heavy atom. The van der Waals surface area contributed by atoms with Crippen LogP contribution in [-0.4, -0.2) is 58.4 Å². The fourth-order valence-electron chi connectivity index (χ4n) is 2.64. The molecule has 8 nitrogen and oxygen atoms in total. The van der Waals surface area contributed by atoms with Gasteiger partial charge in [-0.1, -0.05) is 11.3 Å². The number of fused-ring (bicyclic) bond motifs is 1. The van der Waals surface area contributed by atoms with Crippen molar-refractivity contribution in [1.29, 1.82) is 0 Å². The Kier molecular flexibility index (Phi) is 4.58. The minimum atomic E-state index is -0.238. The minimum Gasteiger partial charge on any atom is -0.450 e. The van der Waals surface area contributed by atoms with Gasteiger partial charge < -0.3 is 9.64 Å². The number of rotatable bonds is 3. The number of nitrogens with zero attached hydrogens (tertiary/aromatic N) is 4. The van der Waals surface area contributed by atoms with E-state index in [-0.39, 0.29) is 11.7 Å². The van der Waals surface area contributed by atoms with Gasteiger partial charge in [0.25, 0.3) is 5.56 Å². The predicted octanol–water partition coefficient (Wildman–Crippen LogP) is -0.684. The molecule has 1 fully saturated rings. The maximum absolute atomic E-state index is 11.9. The van der Waals surface area contributed by atoms with Crippen molar-refractivity contribution in [2.75, 3.05) is 32.8 Å². The standard InChI is InChI=1S/C14H19N5O3S/c1-3-22-14(21)18-6-4-17(5-7-18)9-11-16-19-12(20)8-10(2)15-13(19)23-11/h8H,3-7,9H2,1-2H3/p+1. The molecule has 0 spiro atoms. The molecule has 0 aromatic carbocycles. The Hall–Kier alpha value is -2.00. The molecule has 1 aliphatic rings. The summed E-state index contributed by atoms with van der Waals surface area (Å²) in [5.41, 5.74) is 0.567. The van der Waals surface area contributed by atoms with Crippen molar-refractivity contribution in [3.05, 3.63) is 27.1 Å². The van der Waals surface area contributed by atoms with Gasteiger partial charge >= 0.3 is 6.09 Å². The van der Waals surface area contributed by atoms with Gasteiger partial charge in [0, 0.05) is 11.8 Å². The van der Waals surface area contributed by atoms with Crippen molar-refractivity contribution in [3.63, 3.8) is 0 Å². The summed E-state index contributed by atoms with van der Waals surface area (Å²) in [4.78, 5) is 31.6. The van der Waals surface area contributed by atoms with E-state index in [0.29, 0.717) is 30.4 Å². The normalized spacial score (nSPS) is 16.0. The van der Waals surface area contributed by atoms with Gasteiger partial charge in [0.05, 0.1) is 32.8 Å². The molecule has 0 aliphatic carbocycles. The van der Waals surface area contributed by atoms with Crippen molar-refractivity contribution in [1.82, 2.24) is 19.5 Å². The molecule has 0 bridgehead atoms. The molecular formula is C14H20N5O3S+. The van der Waals surface area contributed by atoms with Gasteiger partial charge in [0.2, 0.25) is 4.96 Å². The van der Waals surface area contributed by atoms with E-state index in [1.54, 1.807) is 11.8 Å². The van der Waals surface area contributed by atoms with Crippen LogP contribution in [0.15, 0.2) is 10.9 Å². The van der Waals surface area contributed by atoms with Crippen LogP contribution >= 0.6 is 11.3 Å². The monoisotopic (exact) mass is 338 g/mol. The van der Waals surface area contributed by atoms with Crippen LogP contribution in [-0.2, 0) is 11.3 Å². The highest BCUT2D eigenvalue weighted by atomic mass is 32.1. The summed E-state index contributed by atoms with van der Waals surface area (Å²) in [6.07, 6.45) is -0.238. The smallest absolute Gasteiger partial charge is 0.410 e. The van der Waals surface area contributed by atoms with Gasteiger partial charge in [-0.25, -0.2) is 9.78 Å². The number of aromatic nitrogens is 3. The van der Waals surface area contributed by atoms with E-state index in [9.17, 15) is 9.59 Å². The molecule has 1 saturated heterocycles. The highest BCUT2D eigenvalue weighted by molar-refractivity contribution is 7.16. The molecule has 3 heterocycles. The first kappa shape index (κ1) is 15.9. The van der Waals surface area contributed by atoms with E-state index in [0.717, 1.165) is 24.6 Å². The highest BCUT2D eigenvalue weighted by Gasteiger charge is 2.25. The molecular weight excluding hydrogens is 318 g/mol. The number of amides is 1. The Balaban J connectivity index is 1.64. The first-order valence-corrected chi connectivity index (χ1v) is 8.50. The van der Waals surface area contributed by atoms with E-state index in [4.69, 9.17) is 4.74 Å². The van der Waals surface area contributed by atoms with Crippen molar-refractivity contribution in [2.24, 2.45) is 0 Å². The number of nitrogens with one attached hydrogen (secondary N) is 1. The van der Waals surface area contributed by atoms with E-state index in [1.165, 1.54) is 26.8 Å². The van der Waals surface area contributed by atoms with Crippen LogP contribution in [0.5, 0.6) is 0 Å². The number of ether oxygens (including phenoxy) is 1. The molecule has 0 atom stereocenters. The third kappa shape index (κ3) is 3.50. The number of carbonyl (C=O) groups is 1. The summed E-state index contributed by atoms with van der Waals surface area (Å²) in [5.74, 6) is 0. The maximum atomic E-state index is 11.9. The fourth-order valence-corrected chi connectivity index (χ4v) is 3.66. The number of piperazine rings is 1. The Bertz CT molecular complexity index is 763. The van der Waals surface area contributed by atoms with Crippen molar-refractivity contribution >= 4 is 22.4 Å². The van der Waals surface area contributed by atoms with Gasteiger partial charge in [-0.15, -0.1) is 0 Å². The zero-order valence-electron chi connectivity index (χ0n) is 13.2. The summed E-state index contributed by atoms with van der Waals surface area (Å²) >= 11 is 1.45. The first-order valence-electron chi connectivity index (χ1n) is 7.68. The molecule has 2 aromatic rings. The topological polar surface area (TPSA) is 81.2 Å². The molecule has 0 saturated carbocycles. The van der Waals surface area contributed by atoms with Gasteiger partial charge in [-0.3, -0.25) is 9.69 Å². The molecule has 124 valence electrons. The molecule has 0 radical (unpaired) electrons. The lowest BCUT2D eigenvalue weighted by molar-refractivity contribution is -0.917. The average Bonchev–Trinajstić information content (AvgIpc) is 2.91. The molecule has 0 unspecified atom stereocenters. The Labute approximate surface area is 137 Å². The molecule has 1 amide bonds. The van der Waals surface area contributed by atoms with E-state index in [1.807, 2.05) is 6.92 Å². The third-order valence-corrected chi connectivity index (χ3v) is 4.72. The zero-order valence-corrected chi connectivity index (χ0v) is 14.1. The quantitative estimate of drug-likeness (QED) is 0.802. The second kappa shape index (κ2) is 6.63. The summed E-state index contributed by atoms with van der Waals surface area (Å²) in [6, 6.07) is 1.49. The van der Waals surface area contributed by atoms with Gasteiger partial charge in [0.1, 0.15) is 6.54 Å². The molecule has 9 heteroatoms. The molecule has 2 aromatic heterocycles. The lowest BCUT2D eigenvalue weighted by Gasteiger charge is -2.30. The van der Waals surface area contributed by atoms with Crippen LogP contribution in [0.4, 0.5) is 4.79 Å². The summed E-state index contributed by atoms with van der Waals surface area (Å²) in [6.45, 7) is 7.80. The molecule has 3 rings (SSSR count). The second-order valence-electron chi connectivity index (χ2n) is 5.54. The first-order chi connectivity index (χ1) is 11.1. The summed E-state index contributed by atoms with van der Waals surface area (Å²) < 4.78 is 6.38. The molecule has 1 aliphatic heterocycles. The van der Waals surface area contributed by atoms with Crippen molar-refractivity contribution in [2.45, 2.75) is 20.4 Å². The van der Waals surface area contributed by atoms with Crippen LogP contribution < -0.4 is 10.5 Å². The number of hydrogen-bond donors (Lipinski definition) is 1. The summed E-state index contributed by atoms with van der Waals surface area (Å²) in [5, 5.41) is 5.25. The van der Waals surface area contributed by atoms with Crippen LogP contribution in [0.25, 0.3) is 4.96 Å². The second-order valence-corrected chi connectivity index (χ2v) is 6.58. The minimum absolute atomic E-state index is 0.142. The predicted molar refractivity (Wildman–Crippen MR) is 84.9 cm³/mol. The fraction of sp³-hybridized carbons (Fsp3) is 0.571. The van der Waals surface area contributed by atoms with E-state index < -0.39 is 0 Å². The van der Waals surface area contributed by atoms with Gasteiger partial charge in [-0.2, -0.15) is 9.61 Å².